The second-order valence-corrected chi connectivity index (χ2v) is 4.24. The van der Waals surface area contributed by atoms with E-state index in [0.29, 0.717) is 31.1 Å². The SMILES string of the molecule is CCNC(=O)CCN1CCOC(C(N)=S)C1. The molecular formula is C10H19N3O2S. The molecule has 0 aromatic rings. The highest BCUT2D eigenvalue weighted by molar-refractivity contribution is 7.80. The molecule has 6 heteroatoms. The molecule has 5 nitrogen and oxygen atoms in total. The van der Waals surface area contributed by atoms with Crippen molar-refractivity contribution in [3.05, 3.63) is 0 Å². The highest BCUT2D eigenvalue weighted by Gasteiger charge is 2.22. The molecule has 16 heavy (non-hydrogen) atoms. The molecule has 0 spiro atoms. The van der Waals surface area contributed by atoms with Gasteiger partial charge in [0, 0.05) is 32.6 Å². The number of morpholine rings is 1. The second kappa shape index (κ2) is 6.78. The van der Waals surface area contributed by atoms with Crippen LogP contribution >= 0.6 is 12.2 Å². The van der Waals surface area contributed by atoms with Crippen molar-refractivity contribution in [2.75, 3.05) is 32.8 Å². The number of ether oxygens (including phenoxy) is 1. The van der Waals surface area contributed by atoms with E-state index in [1.165, 1.54) is 0 Å². The molecule has 1 heterocycles. The van der Waals surface area contributed by atoms with Crippen LogP contribution in [0.4, 0.5) is 0 Å². The molecule has 92 valence electrons. The molecule has 1 rings (SSSR count). The topological polar surface area (TPSA) is 67.6 Å². The first-order valence-electron chi connectivity index (χ1n) is 5.53. The molecule has 1 amide bonds. The Hall–Kier alpha value is -0.720. The number of amides is 1. The van der Waals surface area contributed by atoms with Crippen molar-refractivity contribution < 1.29 is 9.53 Å². The summed E-state index contributed by atoms with van der Waals surface area (Å²) in [6.45, 7) is 5.46. The van der Waals surface area contributed by atoms with E-state index in [-0.39, 0.29) is 12.0 Å². The van der Waals surface area contributed by atoms with Gasteiger partial charge in [0.05, 0.1) is 6.61 Å². The number of hydrogen-bond donors (Lipinski definition) is 2. The van der Waals surface area contributed by atoms with E-state index >= 15 is 0 Å². The van der Waals surface area contributed by atoms with Gasteiger partial charge in [-0.1, -0.05) is 12.2 Å². The Morgan fingerprint density at radius 2 is 2.44 bits per heavy atom. The highest BCUT2D eigenvalue weighted by atomic mass is 32.1. The van der Waals surface area contributed by atoms with Crippen molar-refractivity contribution in [3.63, 3.8) is 0 Å². The van der Waals surface area contributed by atoms with Crippen molar-refractivity contribution in [1.82, 2.24) is 10.2 Å². The summed E-state index contributed by atoms with van der Waals surface area (Å²) in [5, 5.41) is 2.77. The lowest BCUT2D eigenvalue weighted by atomic mass is 10.2. The molecule has 0 aromatic carbocycles. The molecule has 1 atom stereocenters. The average Bonchev–Trinajstić information content (AvgIpc) is 2.27. The van der Waals surface area contributed by atoms with Crippen molar-refractivity contribution >= 4 is 23.1 Å². The zero-order valence-electron chi connectivity index (χ0n) is 9.57. The minimum atomic E-state index is -0.169. The number of carbonyl (C=O) groups is 1. The van der Waals surface area contributed by atoms with Gasteiger partial charge in [-0.05, 0) is 6.92 Å². The normalized spacial score (nSPS) is 21.7. The fourth-order valence-corrected chi connectivity index (χ4v) is 1.77. The van der Waals surface area contributed by atoms with E-state index in [0.717, 1.165) is 13.1 Å². The maximum atomic E-state index is 11.3. The van der Waals surface area contributed by atoms with E-state index < -0.39 is 0 Å². The molecule has 1 unspecified atom stereocenters. The Balaban J connectivity index is 2.26. The van der Waals surface area contributed by atoms with Crippen molar-refractivity contribution in [2.45, 2.75) is 19.4 Å². The number of nitrogens with two attached hydrogens (primary N) is 1. The number of thiocarbonyl (C=S) groups is 1. The first-order valence-corrected chi connectivity index (χ1v) is 5.94. The molecule has 1 aliphatic heterocycles. The van der Waals surface area contributed by atoms with Crippen molar-refractivity contribution in [1.29, 1.82) is 0 Å². The Kier molecular flexibility index (Phi) is 5.65. The summed E-state index contributed by atoms with van der Waals surface area (Å²) in [6.07, 6.45) is 0.343. The smallest absolute Gasteiger partial charge is 0.221 e. The van der Waals surface area contributed by atoms with E-state index in [9.17, 15) is 4.79 Å². The van der Waals surface area contributed by atoms with Crippen LogP contribution in [0.1, 0.15) is 13.3 Å². The lowest BCUT2D eigenvalue weighted by Gasteiger charge is -2.32. The Morgan fingerprint density at radius 1 is 1.69 bits per heavy atom. The van der Waals surface area contributed by atoms with Gasteiger partial charge in [0.15, 0.2) is 0 Å². The van der Waals surface area contributed by atoms with Gasteiger partial charge in [0.2, 0.25) is 5.91 Å². The average molecular weight is 245 g/mol. The lowest BCUT2D eigenvalue weighted by Crippen LogP contribution is -2.48. The molecule has 1 saturated heterocycles. The van der Waals surface area contributed by atoms with Crippen LogP contribution in [0.15, 0.2) is 0 Å². The molecule has 0 bridgehead atoms. The minimum absolute atomic E-state index is 0.0841. The molecular weight excluding hydrogens is 226 g/mol. The summed E-state index contributed by atoms with van der Waals surface area (Å²) in [5.74, 6) is 0.0841. The zero-order valence-corrected chi connectivity index (χ0v) is 10.4. The van der Waals surface area contributed by atoms with Gasteiger partial charge >= 0.3 is 0 Å². The number of rotatable bonds is 5. The summed E-state index contributed by atoms with van der Waals surface area (Å²) in [4.78, 5) is 13.8. The van der Waals surface area contributed by atoms with Crippen LogP contribution in [0.5, 0.6) is 0 Å². The van der Waals surface area contributed by atoms with Gasteiger partial charge in [-0.25, -0.2) is 0 Å². The predicted octanol–water partition coefficient (Wildman–Crippen LogP) is -0.500. The number of carbonyl (C=O) groups excluding carboxylic acids is 1. The third kappa shape index (κ3) is 4.42. The number of hydrogen-bond acceptors (Lipinski definition) is 4. The number of nitrogens with zero attached hydrogens (tertiary/aromatic N) is 1. The summed E-state index contributed by atoms with van der Waals surface area (Å²) in [5.41, 5.74) is 5.53. The molecule has 1 fully saturated rings. The molecule has 3 N–H and O–H groups in total. The van der Waals surface area contributed by atoms with E-state index in [2.05, 4.69) is 10.2 Å². The largest absolute Gasteiger partial charge is 0.391 e. The monoisotopic (exact) mass is 245 g/mol. The quantitative estimate of drug-likeness (QED) is 0.639. The summed E-state index contributed by atoms with van der Waals surface area (Å²) in [7, 11) is 0. The van der Waals surface area contributed by atoms with Gasteiger partial charge in [-0.3, -0.25) is 9.69 Å². The fourth-order valence-electron chi connectivity index (χ4n) is 1.62. The third-order valence-electron chi connectivity index (χ3n) is 2.50. The molecule has 0 aliphatic carbocycles. The van der Waals surface area contributed by atoms with Crippen LogP contribution < -0.4 is 11.1 Å². The first kappa shape index (κ1) is 13.3. The van der Waals surface area contributed by atoms with E-state index in [1.807, 2.05) is 6.92 Å². The maximum absolute atomic E-state index is 11.3. The van der Waals surface area contributed by atoms with Crippen molar-refractivity contribution in [3.8, 4) is 0 Å². The summed E-state index contributed by atoms with van der Waals surface area (Å²) >= 11 is 4.89. The van der Waals surface area contributed by atoms with Gasteiger partial charge < -0.3 is 15.8 Å². The predicted molar refractivity (Wildman–Crippen MR) is 66.3 cm³/mol. The first-order chi connectivity index (χ1) is 7.63. The zero-order chi connectivity index (χ0) is 12.0. The van der Waals surface area contributed by atoms with Crippen LogP contribution in [0.25, 0.3) is 0 Å². The summed E-state index contributed by atoms with van der Waals surface area (Å²) in [6, 6.07) is 0. The third-order valence-corrected chi connectivity index (χ3v) is 2.76. The standard InChI is InChI=1S/C10H19N3O2S/c1-2-12-9(14)3-4-13-5-6-15-8(7-13)10(11)16/h8H,2-7H2,1H3,(H2,11,16)(H,12,14). The molecule has 0 saturated carbocycles. The Morgan fingerprint density at radius 3 is 3.06 bits per heavy atom. The van der Waals surface area contributed by atoms with E-state index in [4.69, 9.17) is 22.7 Å². The highest BCUT2D eigenvalue weighted by Crippen LogP contribution is 2.05. The molecule has 1 aliphatic rings. The molecule has 0 radical (unpaired) electrons. The van der Waals surface area contributed by atoms with Crippen LogP contribution in [0.3, 0.4) is 0 Å². The Labute approximate surface area is 101 Å². The number of nitrogens with one attached hydrogen (secondary N) is 1. The van der Waals surface area contributed by atoms with Gasteiger partial charge in [-0.2, -0.15) is 0 Å². The van der Waals surface area contributed by atoms with E-state index in [1.54, 1.807) is 0 Å². The van der Waals surface area contributed by atoms with Crippen LogP contribution in [-0.4, -0.2) is 54.7 Å². The maximum Gasteiger partial charge on any atom is 0.221 e. The second-order valence-electron chi connectivity index (χ2n) is 3.77. The van der Waals surface area contributed by atoms with Crippen LogP contribution in [0.2, 0.25) is 0 Å². The molecule has 0 aromatic heterocycles. The van der Waals surface area contributed by atoms with Gasteiger partial charge in [0.25, 0.3) is 0 Å². The van der Waals surface area contributed by atoms with Gasteiger partial charge in [0.1, 0.15) is 11.1 Å². The van der Waals surface area contributed by atoms with Gasteiger partial charge in [-0.15, -0.1) is 0 Å². The minimum Gasteiger partial charge on any atom is -0.391 e. The van der Waals surface area contributed by atoms with Crippen LogP contribution in [-0.2, 0) is 9.53 Å². The van der Waals surface area contributed by atoms with Crippen molar-refractivity contribution in [2.24, 2.45) is 5.73 Å². The summed E-state index contributed by atoms with van der Waals surface area (Å²) < 4.78 is 5.42. The fraction of sp³-hybridized carbons (Fsp3) is 0.800. The Bertz CT molecular complexity index is 260. The lowest BCUT2D eigenvalue weighted by molar-refractivity contribution is -0.121. The van der Waals surface area contributed by atoms with Crippen LogP contribution in [0, 0.1) is 0 Å².